The molecular formula is C15H20N2O. The minimum atomic E-state index is 0.599. The third-order valence-electron chi connectivity index (χ3n) is 2.97. The summed E-state index contributed by atoms with van der Waals surface area (Å²) >= 11 is 0. The lowest BCUT2D eigenvalue weighted by atomic mass is 10.1. The lowest BCUT2D eigenvalue weighted by Gasteiger charge is -2.00. The van der Waals surface area contributed by atoms with Crippen LogP contribution in [0, 0.1) is 0 Å². The quantitative estimate of drug-likeness (QED) is 0.849. The van der Waals surface area contributed by atoms with Crippen molar-refractivity contribution in [1.29, 1.82) is 0 Å². The van der Waals surface area contributed by atoms with Crippen LogP contribution in [0.2, 0.25) is 0 Å². The van der Waals surface area contributed by atoms with Crippen LogP contribution in [-0.2, 0) is 12.8 Å². The maximum absolute atomic E-state index is 5.49. The molecule has 18 heavy (non-hydrogen) atoms. The number of hydrogen-bond donors (Lipinski definition) is 1. The van der Waals surface area contributed by atoms with E-state index in [0.29, 0.717) is 12.4 Å². The fourth-order valence-electron chi connectivity index (χ4n) is 1.90. The molecule has 0 fully saturated rings. The Hall–Kier alpha value is -1.61. The second-order valence-corrected chi connectivity index (χ2v) is 4.48. The number of oxazole rings is 1. The molecule has 0 aliphatic rings. The molecule has 2 N–H and O–H groups in total. The number of rotatable bonds is 6. The fourth-order valence-corrected chi connectivity index (χ4v) is 1.90. The Morgan fingerprint density at radius 3 is 2.61 bits per heavy atom. The summed E-state index contributed by atoms with van der Waals surface area (Å²) in [6.45, 7) is 2.81. The first-order chi connectivity index (χ1) is 8.83. The predicted octanol–water partition coefficient (Wildman–Crippen LogP) is 3.19. The zero-order valence-electron chi connectivity index (χ0n) is 10.9. The van der Waals surface area contributed by atoms with E-state index in [9.17, 15) is 0 Å². The summed E-state index contributed by atoms with van der Waals surface area (Å²) in [6.07, 6.45) is 6.05. The van der Waals surface area contributed by atoms with Crippen molar-refractivity contribution in [2.45, 2.75) is 32.6 Å². The van der Waals surface area contributed by atoms with E-state index < -0.39 is 0 Å². The van der Waals surface area contributed by atoms with Crippen molar-refractivity contribution in [2.24, 2.45) is 5.73 Å². The Balaban J connectivity index is 2.07. The smallest absolute Gasteiger partial charge is 0.226 e. The van der Waals surface area contributed by atoms with Crippen LogP contribution in [0.5, 0.6) is 0 Å². The Labute approximate surface area is 108 Å². The molecule has 3 nitrogen and oxygen atoms in total. The van der Waals surface area contributed by atoms with Gasteiger partial charge in [-0.3, -0.25) is 0 Å². The lowest BCUT2D eigenvalue weighted by molar-refractivity contribution is 0.572. The molecule has 1 aromatic carbocycles. The van der Waals surface area contributed by atoms with Crippen LogP contribution in [0.3, 0.4) is 0 Å². The molecule has 0 aliphatic carbocycles. The summed E-state index contributed by atoms with van der Waals surface area (Å²) in [5.74, 6) is 0.681. The summed E-state index contributed by atoms with van der Waals surface area (Å²) < 4.78 is 5.46. The highest BCUT2D eigenvalue weighted by atomic mass is 16.3. The number of aryl methyl sites for hydroxylation is 1. The van der Waals surface area contributed by atoms with Gasteiger partial charge in [-0.25, -0.2) is 4.98 Å². The van der Waals surface area contributed by atoms with Crippen molar-refractivity contribution in [3.8, 4) is 11.5 Å². The average Bonchev–Trinajstić information content (AvgIpc) is 2.86. The van der Waals surface area contributed by atoms with E-state index in [2.05, 4.69) is 36.2 Å². The molecule has 0 radical (unpaired) electrons. The normalized spacial score (nSPS) is 10.8. The third-order valence-corrected chi connectivity index (χ3v) is 2.97. The summed E-state index contributed by atoms with van der Waals surface area (Å²) in [5.41, 5.74) is 8.81. The first-order valence-electron chi connectivity index (χ1n) is 6.57. The van der Waals surface area contributed by atoms with E-state index in [4.69, 9.17) is 10.2 Å². The Kier molecular flexibility index (Phi) is 4.53. The summed E-state index contributed by atoms with van der Waals surface area (Å²) in [7, 11) is 0. The number of unbranched alkanes of at least 4 members (excludes halogenated alkanes) is 1. The molecule has 0 saturated heterocycles. The Morgan fingerprint density at radius 2 is 1.94 bits per heavy atom. The van der Waals surface area contributed by atoms with Gasteiger partial charge < -0.3 is 10.2 Å². The third kappa shape index (κ3) is 3.20. The molecule has 1 aromatic heterocycles. The van der Waals surface area contributed by atoms with Gasteiger partial charge in [0.15, 0.2) is 0 Å². The van der Waals surface area contributed by atoms with Crippen LogP contribution in [0.1, 0.15) is 31.0 Å². The van der Waals surface area contributed by atoms with Gasteiger partial charge in [-0.05, 0) is 37.1 Å². The van der Waals surface area contributed by atoms with Gasteiger partial charge >= 0.3 is 0 Å². The van der Waals surface area contributed by atoms with Crippen molar-refractivity contribution in [2.75, 3.05) is 6.54 Å². The van der Waals surface area contributed by atoms with Gasteiger partial charge in [-0.1, -0.05) is 25.5 Å². The van der Waals surface area contributed by atoms with E-state index in [1.807, 2.05) is 0 Å². The van der Waals surface area contributed by atoms with Crippen molar-refractivity contribution < 1.29 is 4.42 Å². The largest absolute Gasteiger partial charge is 0.444 e. The van der Waals surface area contributed by atoms with E-state index in [-0.39, 0.29) is 0 Å². The molecule has 0 bridgehead atoms. The highest BCUT2D eigenvalue weighted by Gasteiger charge is 2.06. The van der Waals surface area contributed by atoms with Crippen molar-refractivity contribution >= 4 is 0 Å². The van der Waals surface area contributed by atoms with Gasteiger partial charge in [-0.15, -0.1) is 0 Å². The Bertz CT molecular complexity index is 473. The van der Waals surface area contributed by atoms with Crippen LogP contribution in [0.4, 0.5) is 0 Å². The first-order valence-corrected chi connectivity index (χ1v) is 6.57. The number of benzene rings is 1. The van der Waals surface area contributed by atoms with Crippen LogP contribution in [0.15, 0.2) is 34.9 Å². The molecule has 0 aliphatic heterocycles. The highest BCUT2D eigenvalue weighted by Crippen LogP contribution is 2.20. The number of hydrogen-bond acceptors (Lipinski definition) is 3. The van der Waals surface area contributed by atoms with Crippen LogP contribution >= 0.6 is 0 Å². The average molecular weight is 244 g/mol. The summed E-state index contributed by atoms with van der Waals surface area (Å²) in [4.78, 5) is 4.42. The van der Waals surface area contributed by atoms with Gasteiger partial charge in [0.25, 0.3) is 0 Å². The maximum Gasteiger partial charge on any atom is 0.226 e. The van der Waals surface area contributed by atoms with Crippen molar-refractivity contribution in [3.63, 3.8) is 0 Å². The number of nitrogens with zero attached hydrogens (tertiary/aromatic N) is 1. The second-order valence-electron chi connectivity index (χ2n) is 4.48. The van der Waals surface area contributed by atoms with E-state index in [1.165, 1.54) is 18.4 Å². The first kappa shape index (κ1) is 12.8. The molecule has 0 spiro atoms. The Morgan fingerprint density at radius 1 is 1.17 bits per heavy atom. The zero-order chi connectivity index (χ0) is 12.8. The van der Waals surface area contributed by atoms with Crippen LogP contribution < -0.4 is 5.73 Å². The predicted molar refractivity (Wildman–Crippen MR) is 73.3 cm³/mol. The fraction of sp³-hybridized carbons (Fsp3) is 0.400. The van der Waals surface area contributed by atoms with Crippen molar-refractivity contribution in [3.05, 3.63) is 41.8 Å². The van der Waals surface area contributed by atoms with Gasteiger partial charge in [0.2, 0.25) is 5.89 Å². The SMILES string of the molecule is CCCCc1ccc(-c2nc(CCN)co2)cc1. The van der Waals surface area contributed by atoms with Gasteiger partial charge in [0, 0.05) is 12.0 Å². The van der Waals surface area contributed by atoms with Crippen LogP contribution in [0.25, 0.3) is 11.5 Å². The molecule has 0 saturated carbocycles. The topological polar surface area (TPSA) is 52.0 Å². The molecule has 96 valence electrons. The molecule has 1 heterocycles. The molecule has 2 aromatic rings. The molecule has 0 unspecified atom stereocenters. The monoisotopic (exact) mass is 244 g/mol. The number of nitrogens with two attached hydrogens (primary N) is 1. The zero-order valence-corrected chi connectivity index (χ0v) is 10.9. The van der Waals surface area contributed by atoms with E-state index >= 15 is 0 Å². The van der Waals surface area contributed by atoms with Gasteiger partial charge in [0.05, 0.1) is 5.69 Å². The highest BCUT2D eigenvalue weighted by molar-refractivity contribution is 5.53. The lowest BCUT2D eigenvalue weighted by Crippen LogP contribution is -2.02. The molecule has 0 amide bonds. The van der Waals surface area contributed by atoms with Gasteiger partial charge in [-0.2, -0.15) is 0 Å². The maximum atomic E-state index is 5.49. The molecule has 0 atom stereocenters. The second kappa shape index (κ2) is 6.36. The number of aromatic nitrogens is 1. The minimum absolute atomic E-state index is 0.599. The molecule has 3 heteroatoms. The summed E-state index contributed by atoms with van der Waals surface area (Å²) in [6, 6.07) is 8.45. The van der Waals surface area contributed by atoms with Gasteiger partial charge in [0.1, 0.15) is 6.26 Å². The van der Waals surface area contributed by atoms with E-state index in [0.717, 1.165) is 24.1 Å². The minimum Gasteiger partial charge on any atom is -0.444 e. The molecule has 2 rings (SSSR count). The van der Waals surface area contributed by atoms with Crippen LogP contribution in [-0.4, -0.2) is 11.5 Å². The van der Waals surface area contributed by atoms with Crippen molar-refractivity contribution in [1.82, 2.24) is 4.98 Å². The molecular weight excluding hydrogens is 224 g/mol. The standard InChI is InChI=1S/C15H20N2O/c1-2-3-4-12-5-7-13(8-6-12)15-17-14(9-10-16)11-18-15/h5-8,11H,2-4,9-10,16H2,1H3. The summed E-state index contributed by atoms with van der Waals surface area (Å²) in [5, 5.41) is 0. The van der Waals surface area contributed by atoms with E-state index in [1.54, 1.807) is 6.26 Å².